The van der Waals surface area contributed by atoms with Crippen LogP contribution in [0.4, 0.5) is 13.2 Å². The average molecular weight is 239 g/mol. The Kier molecular flexibility index (Phi) is 2.75. The Bertz CT molecular complexity index is 572. The fourth-order valence-corrected chi connectivity index (χ4v) is 1.59. The third-order valence-corrected chi connectivity index (χ3v) is 2.30. The molecule has 0 atom stereocenters. The lowest BCUT2D eigenvalue weighted by molar-refractivity contribution is -0.140. The molecule has 0 radical (unpaired) electrons. The van der Waals surface area contributed by atoms with Crippen LogP contribution >= 0.6 is 0 Å². The zero-order chi connectivity index (χ0) is 12.5. The van der Waals surface area contributed by atoms with E-state index in [9.17, 15) is 18.0 Å². The maximum atomic E-state index is 12.7. The van der Waals surface area contributed by atoms with Crippen LogP contribution in [-0.4, -0.2) is 4.98 Å². The summed E-state index contributed by atoms with van der Waals surface area (Å²) in [5.74, 6) is 0. The van der Waals surface area contributed by atoms with Gasteiger partial charge in [-0.1, -0.05) is 30.3 Å². The van der Waals surface area contributed by atoms with Crippen molar-refractivity contribution in [1.82, 2.24) is 4.98 Å². The van der Waals surface area contributed by atoms with E-state index in [0.29, 0.717) is 0 Å². The Labute approximate surface area is 94.7 Å². The number of benzene rings is 1. The van der Waals surface area contributed by atoms with Crippen LogP contribution in [0.3, 0.4) is 0 Å². The summed E-state index contributed by atoms with van der Waals surface area (Å²) >= 11 is 0. The first-order valence-corrected chi connectivity index (χ1v) is 4.84. The number of halogens is 3. The molecule has 0 spiro atoms. The maximum Gasteiger partial charge on any atom is 0.431 e. The van der Waals surface area contributed by atoms with Gasteiger partial charge >= 0.3 is 6.18 Å². The van der Waals surface area contributed by atoms with Crippen LogP contribution in [0.15, 0.2) is 47.4 Å². The number of alkyl halides is 3. The van der Waals surface area contributed by atoms with Gasteiger partial charge in [0.1, 0.15) is 5.69 Å². The molecule has 0 aliphatic rings. The minimum Gasteiger partial charge on any atom is -0.357 e. The van der Waals surface area contributed by atoms with Crippen LogP contribution in [0.25, 0.3) is 11.1 Å². The van der Waals surface area contributed by atoms with Crippen LogP contribution in [0.1, 0.15) is 5.69 Å². The quantitative estimate of drug-likeness (QED) is 0.815. The van der Waals surface area contributed by atoms with E-state index in [1.165, 1.54) is 12.1 Å². The lowest BCUT2D eigenvalue weighted by Crippen LogP contribution is -2.16. The fraction of sp³-hybridized carbons (Fsp3) is 0.0833. The monoisotopic (exact) mass is 239 g/mol. The zero-order valence-electron chi connectivity index (χ0n) is 8.58. The molecule has 1 heterocycles. The zero-order valence-corrected chi connectivity index (χ0v) is 8.58. The van der Waals surface area contributed by atoms with Gasteiger partial charge in [0.05, 0.1) is 5.56 Å². The summed E-state index contributed by atoms with van der Waals surface area (Å²) in [6.07, 6.45) is -3.58. The summed E-state index contributed by atoms with van der Waals surface area (Å²) in [4.78, 5) is 13.7. The maximum absolute atomic E-state index is 12.7. The molecule has 0 bridgehead atoms. The van der Waals surface area contributed by atoms with Crippen molar-refractivity contribution in [3.05, 3.63) is 58.5 Å². The third kappa shape index (κ3) is 2.22. The Balaban J connectivity index is 2.73. The molecule has 0 saturated carbocycles. The summed E-state index contributed by atoms with van der Waals surface area (Å²) in [5.41, 5.74) is -1.76. The highest BCUT2D eigenvalue weighted by molar-refractivity contribution is 5.66. The van der Waals surface area contributed by atoms with Crippen molar-refractivity contribution in [1.29, 1.82) is 0 Å². The Hall–Kier alpha value is -2.04. The van der Waals surface area contributed by atoms with Gasteiger partial charge in [0.25, 0.3) is 0 Å². The fourth-order valence-electron chi connectivity index (χ4n) is 1.59. The van der Waals surface area contributed by atoms with Crippen molar-refractivity contribution < 1.29 is 13.2 Å². The van der Waals surface area contributed by atoms with E-state index >= 15 is 0 Å². The normalized spacial score (nSPS) is 11.5. The van der Waals surface area contributed by atoms with Crippen molar-refractivity contribution in [2.75, 3.05) is 0 Å². The number of aromatic amines is 1. The topological polar surface area (TPSA) is 32.9 Å². The Morgan fingerprint density at radius 3 is 2.24 bits per heavy atom. The van der Waals surface area contributed by atoms with Crippen molar-refractivity contribution in [3.63, 3.8) is 0 Å². The van der Waals surface area contributed by atoms with E-state index in [1.54, 1.807) is 18.2 Å². The van der Waals surface area contributed by atoms with Gasteiger partial charge in [0.15, 0.2) is 5.43 Å². The molecule has 0 aliphatic carbocycles. The first-order chi connectivity index (χ1) is 8.00. The predicted octanol–water partition coefficient (Wildman–Crippen LogP) is 3.06. The summed E-state index contributed by atoms with van der Waals surface area (Å²) in [6, 6.07) is 8.87. The molecule has 88 valence electrons. The van der Waals surface area contributed by atoms with Gasteiger partial charge in [0.2, 0.25) is 0 Å². The molecule has 1 aromatic heterocycles. The molecule has 0 aliphatic heterocycles. The highest BCUT2D eigenvalue weighted by Crippen LogP contribution is 2.33. The molecule has 2 rings (SSSR count). The lowest BCUT2D eigenvalue weighted by atomic mass is 10.0. The standard InChI is InChI=1S/C12H8F3NO/c13-12(14,15)11-10(9(17)6-7-16-11)8-4-2-1-3-5-8/h1-7H,(H,16,17). The number of hydrogen-bond acceptors (Lipinski definition) is 1. The van der Waals surface area contributed by atoms with E-state index in [2.05, 4.69) is 4.98 Å². The molecule has 17 heavy (non-hydrogen) atoms. The van der Waals surface area contributed by atoms with Gasteiger partial charge in [0, 0.05) is 12.3 Å². The molecule has 2 nitrogen and oxygen atoms in total. The van der Waals surface area contributed by atoms with Crippen LogP contribution in [0, 0.1) is 0 Å². The summed E-state index contributed by atoms with van der Waals surface area (Å²) in [5, 5.41) is 0. The van der Waals surface area contributed by atoms with Gasteiger partial charge < -0.3 is 4.98 Å². The predicted molar refractivity (Wildman–Crippen MR) is 57.5 cm³/mol. The molecule has 0 unspecified atom stereocenters. The molecule has 0 amide bonds. The SMILES string of the molecule is O=c1cc[nH]c(C(F)(F)F)c1-c1ccccc1. The Morgan fingerprint density at radius 1 is 1.00 bits per heavy atom. The second kappa shape index (κ2) is 4.08. The first kappa shape index (κ1) is 11.4. The molecule has 0 saturated heterocycles. The number of nitrogens with one attached hydrogen (secondary N) is 1. The van der Waals surface area contributed by atoms with Gasteiger partial charge in [-0.25, -0.2) is 0 Å². The summed E-state index contributed by atoms with van der Waals surface area (Å²) in [7, 11) is 0. The summed E-state index contributed by atoms with van der Waals surface area (Å²) in [6.45, 7) is 0. The minimum absolute atomic E-state index is 0.252. The first-order valence-electron chi connectivity index (χ1n) is 4.84. The molecule has 1 aromatic carbocycles. The van der Waals surface area contributed by atoms with E-state index in [4.69, 9.17) is 0 Å². The molecular weight excluding hydrogens is 231 g/mol. The van der Waals surface area contributed by atoms with Crippen molar-refractivity contribution in [3.8, 4) is 11.1 Å². The van der Waals surface area contributed by atoms with Crippen molar-refractivity contribution in [2.45, 2.75) is 6.18 Å². The molecule has 2 aromatic rings. The van der Waals surface area contributed by atoms with Crippen LogP contribution in [0.5, 0.6) is 0 Å². The van der Waals surface area contributed by atoms with Gasteiger partial charge in [-0.2, -0.15) is 13.2 Å². The highest BCUT2D eigenvalue weighted by Gasteiger charge is 2.35. The third-order valence-electron chi connectivity index (χ3n) is 2.30. The number of hydrogen-bond donors (Lipinski definition) is 1. The summed E-state index contributed by atoms with van der Waals surface area (Å²) < 4.78 is 38.2. The second-order valence-electron chi connectivity index (χ2n) is 3.46. The van der Waals surface area contributed by atoms with Gasteiger partial charge in [-0.15, -0.1) is 0 Å². The average Bonchev–Trinajstić information content (AvgIpc) is 2.28. The minimum atomic E-state index is -4.58. The van der Waals surface area contributed by atoms with Gasteiger partial charge in [-0.05, 0) is 5.56 Å². The number of aromatic nitrogens is 1. The van der Waals surface area contributed by atoms with Crippen LogP contribution in [-0.2, 0) is 6.18 Å². The Morgan fingerprint density at radius 2 is 1.65 bits per heavy atom. The van der Waals surface area contributed by atoms with Gasteiger partial charge in [-0.3, -0.25) is 4.79 Å². The van der Waals surface area contributed by atoms with E-state index in [1.807, 2.05) is 0 Å². The largest absolute Gasteiger partial charge is 0.431 e. The molecule has 5 heteroatoms. The highest BCUT2D eigenvalue weighted by atomic mass is 19.4. The molecular formula is C12H8F3NO. The van der Waals surface area contributed by atoms with E-state index in [-0.39, 0.29) is 11.1 Å². The molecule has 1 N–H and O–H groups in total. The number of H-pyrrole nitrogens is 1. The van der Waals surface area contributed by atoms with Crippen LogP contribution in [0.2, 0.25) is 0 Å². The number of pyridine rings is 1. The van der Waals surface area contributed by atoms with Crippen molar-refractivity contribution in [2.24, 2.45) is 0 Å². The number of rotatable bonds is 1. The van der Waals surface area contributed by atoms with Crippen LogP contribution < -0.4 is 5.43 Å². The van der Waals surface area contributed by atoms with E-state index in [0.717, 1.165) is 12.3 Å². The smallest absolute Gasteiger partial charge is 0.357 e. The second-order valence-corrected chi connectivity index (χ2v) is 3.46. The van der Waals surface area contributed by atoms with Crippen molar-refractivity contribution >= 4 is 0 Å². The molecule has 0 fully saturated rings. The van der Waals surface area contributed by atoms with E-state index < -0.39 is 17.3 Å². The lowest BCUT2D eigenvalue weighted by Gasteiger charge is -2.11.